The lowest BCUT2D eigenvalue weighted by molar-refractivity contribution is -0.120. The van der Waals surface area contributed by atoms with E-state index in [-0.39, 0.29) is 12.3 Å². The minimum absolute atomic E-state index is 0.0305. The van der Waals surface area contributed by atoms with E-state index in [1.807, 2.05) is 60.8 Å². The number of carbonyl (C=O) groups is 1. The van der Waals surface area contributed by atoms with Crippen molar-refractivity contribution in [3.05, 3.63) is 84.2 Å². The molecule has 0 aliphatic carbocycles. The van der Waals surface area contributed by atoms with Gasteiger partial charge in [0, 0.05) is 30.5 Å². The van der Waals surface area contributed by atoms with Crippen LogP contribution in [0.3, 0.4) is 0 Å². The molecule has 5 heteroatoms. The van der Waals surface area contributed by atoms with Crippen LogP contribution in [0.1, 0.15) is 37.9 Å². The van der Waals surface area contributed by atoms with Crippen molar-refractivity contribution in [3.63, 3.8) is 0 Å². The summed E-state index contributed by atoms with van der Waals surface area (Å²) in [5.41, 5.74) is 3.94. The molecule has 1 N–H and O–H groups in total. The highest BCUT2D eigenvalue weighted by atomic mass is 16.5. The zero-order chi connectivity index (χ0) is 23.3. The number of benzene rings is 2. The summed E-state index contributed by atoms with van der Waals surface area (Å²) in [6, 6.07) is 21.9. The van der Waals surface area contributed by atoms with E-state index in [0.717, 1.165) is 47.8 Å². The summed E-state index contributed by atoms with van der Waals surface area (Å²) in [4.78, 5) is 19.1. The zero-order valence-corrected chi connectivity index (χ0v) is 19.8. The third kappa shape index (κ3) is 8.35. The van der Waals surface area contributed by atoms with Crippen LogP contribution in [0.5, 0.6) is 5.75 Å². The molecule has 1 heterocycles. The molecule has 0 bridgehead atoms. The number of hydrogen-bond donors (Lipinski definition) is 1. The Bertz CT molecular complexity index is 951. The van der Waals surface area contributed by atoms with Gasteiger partial charge in [-0.25, -0.2) is 0 Å². The smallest absolute Gasteiger partial charge is 0.226 e. The Morgan fingerprint density at radius 3 is 2.21 bits per heavy atom. The Balaban J connectivity index is 1.46. The first-order chi connectivity index (χ1) is 16.2. The molecule has 1 amide bonds. The molecule has 3 rings (SSSR count). The number of ether oxygens (including phenoxy) is 1. The van der Waals surface area contributed by atoms with Crippen molar-refractivity contribution in [2.45, 2.75) is 39.7 Å². The summed E-state index contributed by atoms with van der Waals surface area (Å²) in [6.07, 6.45) is 4.43. The second-order valence-electron chi connectivity index (χ2n) is 8.19. The molecular formula is C28H35N3O2. The van der Waals surface area contributed by atoms with E-state index in [4.69, 9.17) is 4.74 Å². The molecule has 2 aromatic carbocycles. The maximum atomic E-state index is 12.2. The molecule has 174 valence electrons. The first kappa shape index (κ1) is 24.5. The number of aromatic nitrogens is 1. The summed E-state index contributed by atoms with van der Waals surface area (Å²) in [6.45, 7) is 8.84. The SMILES string of the molecule is CCCN(CCC)CCOc1ccc(-c2ccc(CC(=O)NCc3ccccc3)nc2)cc1. The molecule has 0 saturated carbocycles. The first-order valence-electron chi connectivity index (χ1n) is 11.9. The van der Waals surface area contributed by atoms with E-state index in [9.17, 15) is 4.79 Å². The van der Waals surface area contributed by atoms with Gasteiger partial charge in [-0.2, -0.15) is 0 Å². The van der Waals surface area contributed by atoms with Gasteiger partial charge in [-0.15, -0.1) is 0 Å². The maximum Gasteiger partial charge on any atom is 0.226 e. The molecule has 0 radical (unpaired) electrons. The van der Waals surface area contributed by atoms with Gasteiger partial charge in [0.1, 0.15) is 12.4 Å². The summed E-state index contributed by atoms with van der Waals surface area (Å²) in [7, 11) is 0. The van der Waals surface area contributed by atoms with Crippen molar-refractivity contribution < 1.29 is 9.53 Å². The number of nitrogens with zero attached hydrogens (tertiary/aromatic N) is 2. The average molecular weight is 446 g/mol. The standard InChI is InChI=1S/C28H35N3O2/c1-3-16-31(17-4-2)18-19-33-27-14-11-24(12-15-27)25-10-13-26(29-22-25)20-28(32)30-21-23-8-6-5-7-9-23/h5-15,22H,3-4,16-21H2,1-2H3,(H,30,32). The number of carbonyl (C=O) groups excluding carboxylic acids is 1. The molecule has 0 atom stereocenters. The Kier molecular flexibility index (Phi) is 9.92. The van der Waals surface area contributed by atoms with Crippen LogP contribution in [-0.4, -0.2) is 42.0 Å². The lowest BCUT2D eigenvalue weighted by Gasteiger charge is -2.20. The van der Waals surface area contributed by atoms with Gasteiger partial charge in [0.15, 0.2) is 0 Å². The molecule has 0 spiro atoms. The highest BCUT2D eigenvalue weighted by molar-refractivity contribution is 5.78. The Morgan fingerprint density at radius 2 is 1.58 bits per heavy atom. The monoisotopic (exact) mass is 445 g/mol. The second kappa shape index (κ2) is 13.4. The highest BCUT2D eigenvalue weighted by Crippen LogP contribution is 2.22. The normalized spacial score (nSPS) is 10.9. The average Bonchev–Trinajstić information content (AvgIpc) is 2.85. The maximum absolute atomic E-state index is 12.2. The van der Waals surface area contributed by atoms with E-state index in [2.05, 4.69) is 41.2 Å². The van der Waals surface area contributed by atoms with E-state index < -0.39 is 0 Å². The van der Waals surface area contributed by atoms with Crippen molar-refractivity contribution in [1.29, 1.82) is 0 Å². The Labute approximate surface area is 197 Å². The van der Waals surface area contributed by atoms with Crippen LogP contribution in [0.15, 0.2) is 72.9 Å². The number of amides is 1. The van der Waals surface area contributed by atoms with Gasteiger partial charge in [-0.05, 0) is 55.3 Å². The van der Waals surface area contributed by atoms with Crippen molar-refractivity contribution in [3.8, 4) is 16.9 Å². The predicted octanol–water partition coefficient (Wildman–Crippen LogP) is 5.11. The van der Waals surface area contributed by atoms with E-state index in [0.29, 0.717) is 13.2 Å². The number of rotatable bonds is 13. The molecule has 5 nitrogen and oxygen atoms in total. The number of nitrogens with one attached hydrogen (secondary N) is 1. The van der Waals surface area contributed by atoms with Crippen LogP contribution in [0, 0.1) is 0 Å². The lowest BCUT2D eigenvalue weighted by atomic mass is 10.1. The Morgan fingerprint density at radius 1 is 0.879 bits per heavy atom. The summed E-state index contributed by atoms with van der Waals surface area (Å²) in [5.74, 6) is 0.850. The van der Waals surface area contributed by atoms with Crippen LogP contribution in [0.4, 0.5) is 0 Å². The molecular weight excluding hydrogens is 410 g/mol. The minimum Gasteiger partial charge on any atom is -0.492 e. The van der Waals surface area contributed by atoms with E-state index in [1.165, 1.54) is 12.8 Å². The van der Waals surface area contributed by atoms with Gasteiger partial charge in [-0.3, -0.25) is 14.7 Å². The van der Waals surface area contributed by atoms with E-state index >= 15 is 0 Å². The summed E-state index contributed by atoms with van der Waals surface area (Å²) < 4.78 is 5.94. The fourth-order valence-corrected chi connectivity index (χ4v) is 3.73. The van der Waals surface area contributed by atoms with Gasteiger partial charge in [0.25, 0.3) is 0 Å². The second-order valence-corrected chi connectivity index (χ2v) is 8.19. The zero-order valence-electron chi connectivity index (χ0n) is 19.8. The van der Waals surface area contributed by atoms with Crippen LogP contribution in [0.2, 0.25) is 0 Å². The summed E-state index contributed by atoms with van der Waals surface area (Å²) in [5, 5.41) is 2.94. The molecule has 0 unspecified atom stereocenters. The largest absolute Gasteiger partial charge is 0.492 e. The molecule has 1 aromatic heterocycles. The minimum atomic E-state index is -0.0305. The summed E-state index contributed by atoms with van der Waals surface area (Å²) >= 11 is 0. The van der Waals surface area contributed by atoms with Crippen LogP contribution >= 0.6 is 0 Å². The quantitative estimate of drug-likeness (QED) is 0.397. The topological polar surface area (TPSA) is 54.5 Å². The van der Waals surface area contributed by atoms with Crippen molar-refractivity contribution in [2.24, 2.45) is 0 Å². The van der Waals surface area contributed by atoms with Gasteiger partial charge in [-0.1, -0.05) is 62.4 Å². The lowest BCUT2D eigenvalue weighted by Crippen LogP contribution is -2.30. The fourth-order valence-electron chi connectivity index (χ4n) is 3.73. The van der Waals surface area contributed by atoms with Gasteiger partial charge in [0.2, 0.25) is 5.91 Å². The van der Waals surface area contributed by atoms with Gasteiger partial charge in [0.05, 0.1) is 6.42 Å². The molecule has 3 aromatic rings. The van der Waals surface area contributed by atoms with Gasteiger partial charge >= 0.3 is 0 Å². The van der Waals surface area contributed by atoms with Crippen LogP contribution in [-0.2, 0) is 17.8 Å². The van der Waals surface area contributed by atoms with Crippen molar-refractivity contribution >= 4 is 5.91 Å². The third-order valence-electron chi connectivity index (χ3n) is 5.44. The number of pyridine rings is 1. The molecule has 0 fully saturated rings. The van der Waals surface area contributed by atoms with Crippen molar-refractivity contribution in [2.75, 3.05) is 26.2 Å². The van der Waals surface area contributed by atoms with Crippen LogP contribution in [0.25, 0.3) is 11.1 Å². The predicted molar refractivity (Wildman–Crippen MR) is 134 cm³/mol. The third-order valence-corrected chi connectivity index (χ3v) is 5.44. The Hall–Kier alpha value is -3.18. The first-order valence-corrected chi connectivity index (χ1v) is 11.9. The molecule has 0 aliphatic heterocycles. The molecule has 0 aliphatic rings. The van der Waals surface area contributed by atoms with E-state index in [1.54, 1.807) is 0 Å². The highest BCUT2D eigenvalue weighted by Gasteiger charge is 2.07. The number of hydrogen-bond acceptors (Lipinski definition) is 4. The van der Waals surface area contributed by atoms with Gasteiger partial charge < -0.3 is 10.1 Å². The molecule has 33 heavy (non-hydrogen) atoms. The fraction of sp³-hybridized carbons (Fsp3) is 0.357. The molecule has 0 saturated heterocycles. The van der Waals surface area contributed by atoms with Crippen LogP contribution < -0.4 is 10.1 Å². The van der Waals surface area contributed by atoms with Crippen molar-refractivity contribution in [1.82, 2.24) is 15.2 Å².